The maximum atomic E-state index is 10.5. The lowest BCUT2D eigenvalue weighted by molar-refractivity contribution is 0.123. The lowest BCUT2D eigenvalue weighted by atomic mass is 9.80. The fourth-order valence-electron chi connectivity index (χ4n) is 3.68. The Morgan fingerprint density at radius 3 is 2.62 bits per heavy atom. The van der Waals surface area contributed by atoms with Crippen LogP contribution in [0.2, 0.25) is 0 Å². The number of hydrogen-bond donors (Lipinski definition) is 1. The van der Waals surface area contributed by atoms with Gasteiger partial charge in [0.2, 0.25) is 0 Å². The van der Waals surface area contributed by atoms with Crippen LogP contribution in [0.3, 0.4) is 0 Å². The van der Waals surface area contributed by atoms with Crippen molar-refractivity contribution in [1.29, 1.82) is 0 Å². The molecule has 0 saturated heterocycles. The van der Waals surface area contributed by atoms with Crippen LogP contribution >= 0.6 is 0 Å². The molecular formula is C22H21NO. The van der Waals surface area contributed by atoms with E-state index in [9.17, 15) is 5.11 Å². The van der Waals surface area contributed by atoms with Crippen LogP contribution in [0.15, 0.2) is 72.9 Å². The molecule has 0 spiro atoms. The summed E-state index contributed by atoms with van der Waals surface area (Å²) < 4.78 is 0. The van der Waals surface area contributed by atoms with Gasteiger partial charge >= 0.3 is 0 Å². The first kappa shape index (κ1) is 15.1. The van der Waals surface area contributed by atoms with Gasteiger partial charge in [-0.2, -0.15) is 0 Å². The molecule has 2 nitrogen and oxygen atoms in total. The predicted molar refractivity (Wildman–Crippen MR) is 96.9 cm³/mol. The molecule has 0 unspecified atom stereocenters. The molecule has 1 aliphatic carbocycles. The standard InChI is InChI=1S/C22H21NO/c24-21-12-11-18-10-5-13-23-22(18)20(21)15-16-6-4-9-19(14-16)17-7-2-1-3-8-17/h1-10,13-14,20-21,24H,11-12,15H2/t20-,21+/m0/s1. The number of aliphatic hydroxyl groups excluding tert-OH is 1. The number of nitrogens with zero attached hydrogens (tertiary/aromatic N) is 1. The molecule has 24 heavy (non-hydrogen) atoms. The van der Waals surface area contributed by atoms with Gasteiger partial charge in [-0.1, -0.05) is 60.7 Å². The number of fused-ring (bicyclic) bond motifs is 1. The first-order valence-corrected chi connectivity index (χ1v) is 8.57. The van der Waals surface area contributed by atoms with Crippen LogP contribution in [-0.4, -0.2) is 16.2 Å². The minimum absolute atomic E-state index is 0.0842. The van der Waals surface area contributed by atoms with Crippen LogP contribution in [0.1, 0.15) is 29.2 Å². The molecule has 2 heteroatoms. The number of benzene rings is 2. The second-order valence-corrected chi connectivity index (χ2v) is 6.53. The van der Waals surface area contributed by atoms with Gasteiger partial charge in [-0.25, -0.2) is 0 Å². The molecule has 2 aromatic carbocycles. The zero-order chi connectivity index (χ0) is 16.4. The molecule has 0 fully saturated rings. The Balaban J connectivity index is 1.64. The summed E-state index contributed by atoms with van der Waals surface area (Å²) in [5.74, 6) is 0.0842. The molecule has 0 amide bonds. The number of hydrogen-bond acceptors (Lipinski definition) is 2. The van der Waals surface area contributed by atoms with Crippen LogP contribution in [0, 0.1) is 0 Å². The van der Waals surface area contributed by atoms with Crippen LogP contribution in [0.25, 0.3) is 11.1 Å². The van der Waals surface area contributed by atoms with Gasteiger partial charge in [-0.3, -0.25) is 4.98 Å². The van der Waals surface area contributed by atoms with Crippen molar-refractivity contribution in [2.45, 2.75) is 31.3 Å². The molecule has 1 N–H and O–H groups in total. The highest BCUT2D eigenvalue weighted by atomic mass is 16.3. The van der Waals surface area contributed by atoms with Gasteiger partial charge in [0.25, 0.3) is 0 Å². The third-order valence-electron chi connectivity index (χ3n) is 4.94. The molecule has 1 aromatic heterocycles. The van der Waals surface area contributed by atoms with Crippen molar-refractivity contribution in [1.82, 2.24) is 4.98 Å². The summed E-state index contributed by atoms with van der Waals surface area (Å²) in [6.45, 7) is 0. The molecule has 4 rings (SSSR count). The number of rotatable bonds is 3. The van der Waals surface area contributed by atoms with Crippen molar-refractivity contribution in [2.75, 3.05) is 0 Å². The quantitative estimate of drug-likeness (QED) is 0.778. The van der Waals surface area contributed by atoms with E-state index in [1.54, 1.807) is 0 Å². The maximum absolute atomic E-state index is 10.5. The van der Waals surface area contributed by atoms with Crippen molar-refractivity contribution >= 4 is 0 Å². The summed E-state index contributed by atoms with van der Waals surface area (Å²) in [5, 5.41) is 10.5. The van der Waals surface area contributed by atoms with Gasteiger partial charge in [-0.15, -0.1) is 0 Å². The van der Waals surface area contributed by atoms with Crippen LogP contribution in [0.5, 0.6) is 0 Å². The van der Waals surface area contributed by atoms with Crippen molar-refractivity contribution in [3.05, 3.63) is 89.7 Å². The average Bonchev–Trinajstić information content (AvgIpc) is 2.65. The van der Waals surface area contributed by atoms with Crippen LogP contribution in [0.4, 0.5) is 0 Å². The average molecular weight is 315 g/mol. The van der Waals surface area contributed by atoms with Crippen molar-refractivity contribution in [3.8, 4) is 11.1 Å². The fourth-order valence-corrected chi connectivity index (χ4v) is 3.68. The molecule has 2 atom stereocenters. The summed E-state index contributed by atoms with van der Waals surface area (Å²) in [6.07, 6.45) is 4.09. The lowest BCUT2D eigenvalue weighted by Crippen LogP contribution is -2.27. The largest absolute Gasteiger partial charge is 0.392 e. The Kier molecular flexibility index (Phi) is 4.14. The molecule has 0 aliphatic heterocycles. The van der Waals surface area contributed by atoms with E-state index in [1.807, 2.05) is 18.3 Å². The zero-order valence-corrected chi connectivity index (χ0v) is 13.6. The normalized spacial score (nSPS) is 19.7. The first-order chi connectivity index (χ1) is 11.8. The number of aryl methyl sites for hydroxylation is 1. The van der Waals surface area contributed by atoms with Gasteiger partial charge < -0.3 is 5.11 Å². The van der Waals surface area contributed by atoms with Gasteiger partial charge in [0.1, 0.15) is 0 Å². The van der Waals surface area contributed by atoms with Crippen molar-refractivity contribution in [3.63, 3.8) is 0 Å². The molecule has 0 radical (unpaired) electrons. The first-order valence-electron chi connectivity index (χ1n) is 8.57. The summed E-state index contributed by atoms with van der Waals surface area (Å²) in [5.41, 5.74) is 6.05. The van der Waals surface area contributed by atoms with E-state index in [4.69, 9.17) is 0 Å². The molecule has 1 aliphatic rings. The highest BCUT2D eigenvalue weighted by Gasteiger charge is 2.29. The molecule has 0 bridgehead atoms. The van der Waals surface area contributed by atoms with Gasteiger partial charge in [0.15, 0.2) is 0 Å². The highest BCUT2D eigenvalue weighted by Crippen LogP contribution is 2.33. The van der Waals surface area contributed by atoms with Crippen molar-refractivity contribution in [2.24, 2.45) is 0 Å². The summed E-state index contributed by atoms with van der Waals surface area (Å²) >= 11 is 0. The van der Waals surface area contributed by atoms with Gasteiger partial charge in [0, 0.05) is 17.8 Å². The number of aliphatic hydroxyl groups is 1. The van der Waals surface area contributed by atoms with Crippen LogP contribution < -0.4 is 0 Å². The SMILES string of the molecule is O[C@@H]1CCc2cccnc2[C@H]1Cc1cccc(-c2ccccc2)c1. The second kappa shape index (κ2) is 6.58. The monoisotopic (exact) mass is 315 g/mol. The Labute approximate surface area is 142 Å². The van der Waals surface area contributed by atoms with E-state index in [1.165, 1.54) is 22.3 Å². The highest BCUT2D eigenvalue weighted by molar-refractivity contribution is 5.64. The molecule has 120 valence electrons. The van der Waals surface area contributed by atoms with E-state index >= 15 is 0 Å². The number of pyridine rings is 1. The Morgan fingerprint density at radius 1 is 0.917 bits per heavy atom. The summed E-state index contributed by atoms with van der Waals surface area (Å²) in [7, 11) is 0. The lowest BCUT2D eigenvalue weighted by Gasteiger charge is -2.29. The number of aromatic nitrogens is 1. The van der Waals surface area contributed by atoms with E-state index < -0.39 is 0 Å². The fraction of sp³-hybridized carbons (Fsp3) is 0.227. The molecule has 1 heterocycles. The smallest absolute Gasteiger partial charge is 0.0630 e. The second-order valence-electron chi connectivity index (χ2n) is 6.53. The minimum Gasteiger partial charge on any atom is -0.392 e. The van der Waals surface area contributed by atoms with Crippen LogP contribution in [-0.2, 0) is 12.8 Å². The predicted octanol–water partition coefficient (Wildman–Crippen LogP) is 4.38. The van der Waals surface area contributed by atoms with E-state index in [2.05, 4.69) is 59.6 Å². The Bertz CT molecular complexity index is 828. The Hall–Kier alpha value is -2.45. The zero-order valence-electron chi connectivity index (χ0n) is 13.6. The van der Waals surface area contributed by atoms with E-state index in [0.29, 0.717) is 0 Å². The Morgan fingerprint density at radius 2 is 1.75 bits per heavy atom. The third kappa shape index (κ3) is 2.98. The summed E-state index contributed by atoms with van der Waals surface area (Å²) in [4.78, 5) is 4.57. The molecular weight excluding hydrogens is 294 g/mol. The minimum atomic E-state index is -0.312. The topological polar surface area (TPSA) is 33.1 Å². The molecule has 3 aromatic rings. The van der Waals surface area contributed by atoms with Gasteiger partial charge in [0.05, 0.1) is 6.10 Å². The van der Waals surface area contributed by atoms with E-state index in [-0.39, 0.29) is 12.0 Å². The maximum Gasteiger partial charge on any atom is 0.0630 e. The summed E-state index contributed by atoms with van der Waals surface area (Å²) in [6, 6.07) is 23.2. The van der Waals surface area contributed by atoms with Crippen molar-refractivity contribution < 1.29 is 5.11 Å². The molecule has 0 saturated carbocycles. The van der Waals surface area contributed by atoms with Gasteiger partial charge in [-0.05, 0) is 47.6 Å². The van der Waals surface area contributed by atoms with E-state index in [0.717, 1.165) is 25.0 Å². The third-order valence-corrected chi connectivity index (χ3v) is 4.94.